The first-order valence-corrected chi connectivity index (χ1v) is 4.60. The molecular formula is C11H20O. The van der Waals surface area contributed by atoms with Gasteiger partial charge in [0, 0.05) is 0 Å². The van der Waals surface area contributed by atoms with E-state index in [-0.39, 0.29) is 6.10 Å². The number of hydrogen-bond acceptors (Lipinski definition) is 1. The van der Waals surface area contributed by atoms with Gasteiger partial charge in [0.05, 0.1) is 6.10 Å². The van der Waals surface area contributed by atoms with Gasteiger partial charge >= 0.3 is 0 Å². The van der Waals surface area contributed by atoms with Crippen LogP contribution in [0.15, 0.2) is 23.8 Å². The second-order valence-corrected chi connectivity index (χ2v) is 3.24. The highest BCUT2D eigenvalue weighted by Crippen LogP contribution is 2.16. The van der Waals surface area contributed by atoms with Gasteiger partial charge in [-0.1, -0.05) is 31.6 Å². The third kappa shape index (κ3) is 4.35. The fourth-order valence-corrected chi connectivity index (χ4v) is 1.23. The molecule has 0 bridgehead atoms. The topological polar surface area (TPSA) is 20.2 Å². The van der Waals surface area contributed by atoms with Crippen molar-refractivity contribution >= 4 is 0 Å². The molecule has 1 unspecified atom stereocenters. The molecule has 70 valence electrons. The monoisotopic (exact) mass is 168 g/mol. The standard InChI is InChI=1S/C11H20O/c1-5-7-11(12)8-10(6-2)9(3)4/h6,11-12H,3,5,7-8H2,1-2,4H3/b10-6-. The molecule has 0 rings (SSSR count). The molecule has 0 aliphatic carbocycles. The van der Waals surface area contributed by atoms with Crippen molar-refractivity contribution in [2.45, 2.75) is 46.1 Å². The van der Waals surface area contributed by atoms with E-state index >= 15 is 0 Å². The van der Waals surface area contributed by atoms with Gasteiger partial charge < -0.3 is 5.11 Å². The summed E-state index contributed by atoms with van der Waals surface area (Å²) in [4.78, 5) is 0. The van der Waals surface area contributed by atoms with Crippen molar-refractivity contribution in [3.63, 3.8) is 0 Å². The average molecular weight is 168 g/mol. The van der Waals surface area contributed by atoms with Gasteiger partial charge in [-0.25, -0.2) is 0 Å². The quantitative estimate of drug-likeness (QED) is 0.625. The molecule has 1 atom stereocenters. The van der Waals surface area contributed by atoms with Crippen LogP contribution in [0.3, 0.4) is 0 Å². The zero-order chi connectivity index (χ0) is 9.56. The van der Waals surface area contributed by atoms with Gasteiger partial charge in [0.25, 0.3) is 0 Å². The summed E-state index contributed by atoms with van der Waals surface area (Å²) in [7, 11) is 0. The molecule has 0 aromatic carbocycles. The summed E-state index contributed by atoms with van der Waals surface area (Å²) < 4.78 is 0. The van der Waals surface area contributed by atoms with E-state index in [1.54, 1.807) is 0 Å². The van der Waals surface area contributed by atoms with Gasteiger partial charge in [0.1, 0.15) is 0 Å². The SMILES string of the molecule is C=C(C)/C(=C\C)CC(O)CCC. The van der Waals surface area contributed by atoms with Crippen LogP contribution in [0.5, 0.6) is 0 Å². The maximum atomic E-state index is 9.52. The Morgan fingerprint density at radius 2 is 2.17 bits per heavy atom. The fraction of sp³-hybridized carbons (Fsp3) is 0.636. The van der Waals surface area contributed by atoms with E-state index in [4.69, 9.17) is 0 Å². The summed E-state index contributed by atoms with van der Waals surface area (Å²) in [6.07, 6.45) is 4.50. The molecule has 0 saturated carbocycles. The van der Waals surface area contributed by atoms with Gasteiger partial charge in [-0.2, -0.15) is 0 Å². The Hall–Kier alpha value is -0.560. The highest BCUT2D eigenvalue weighted by molar-refractivity contribution is 5.25. The minimum absolute atomic E-state index is 0.196. The van der Waals surface area contributed by atoms with Gasteiger partial charge in [-0.3, -0.25) is 0 Å². The summed E-state index contributed by atoms with van der Waals surface area (Å²) in [6, 6.07) is 0. The first-order valence-electron chi connectivity index (χ1n) is 4.60. The smallest absolute Gasteiger partial charge is 0.0580 e. The van der Waals surface area contributed by atoms with E-state index < -0.39 is 0 Å². The Morgan fingerprint density at radius 1 is 1.58 bits per heavy atom. The van der Waals surface area contributed by atoms with E-state index in [2.05, 4.69) is 13.5 Å². The van der Waals surface area contributed by atoms with Crippen molar-refractivity contribution in [1.82, 2.24) is 0 Å². The van der Waals surface area contributed by atoms with Crippen molar-refractivity contribution < 1.29 is 5.11 Å². The van der Waals surface area contributed by atoms with Crippen LogP contribution in [0, 0.1) is 0 Å². The molecule has 12 heavy (non-hydrogen) atoms. The van der Waals surface area contributed by atoms with Gasteiger partial charge in [-0.15, -0.1) is 0 Å². The van der Waals surface area contributed by atoms with Crippen molar-refractivity contribution in [3.05, 3.63) is 23.8 Å². The lowest BCUT2D eigenvalue weighted by Crippen LogP contribution is -2.07. The predicted molar refractivity (Wildman–Crippen MR) is 54.1 cm³/mol. The van der Waals surface area contributed by atoms with Gasteiger partial charge in [-0.05, 0) is 32.3 Å². The molecule has 0 aromatic rings. The Morgan fingerprint density at radius 3 is 2.50 bits per heavy atom. The van der Waals surface area contributed by atoms with Crippen LogP contribution in [-0.2, 0) is 0 Å². The van der Waals surface area contributed by atoms with Gasteiger partial charge in [0.15, 0.2) is 0 Å². The number of rotatable bonds is 5. The lowest BCUT2D eigenvalue weighted by Gasteiger charge is -2.11. The summed E-state index contributed by atoms with van der Waals surface area (Å²) >= 11 is 0. The van der Waals surface area contributed by atoms with E-state index in [0.717, 1.165) is 24.8 Å². The molecule has 1 N–H and O–H groups in total. The molecule has 0 aliphatic rings. The molecule has 0 aliphatic heterocycles. The molecule has 1 heteroatoms. The molecule has 0 radical (unpaired) electrons. The lowest BCUT2D eigenvalue weighted by molar-refractivity contribution is 0.164. The summed E-state index contributed by atoms with van der Waals surface area (Å²) in [5, 5.41) is 9.52. The third-order valence-corrected chi connectivity index (χ3v) is 1.97. The number of aliphatic hydroxyl groups excluding tert-OH is 1. The van der Waals surface area contributed by atoms with Crippen molar-refractivity contribution in [2.75, 3.05) is 0 Å². The lowest BCUT2D eigenvalue weighted by atomic mass is 10.00. The normalized spacial score (nSPS) is 14.5. The average Bonchev–Trinajstić information content (AvgIpc) is 2.00. The molecule has 1 nitrogen and oxygen atoms in total. The molecule has 0 aromatic heterocycles. The Balaban J connectivity index is 3.95. The van der Waals surface area contributed by atoms with Crippen molar-refractivity contribution in [3.8, 4) is 0 Å². The highest BCUT2D eigenvalue weighted by atomic mass is 16.3. The zero-order valence-electron chi connectivity index (χ0n) is 8.43. The minimum Gasteiger partial charge on any atom is -0.393 e. The van der Waals surface area contributed by atoms with Crippen molar-refractivity contribution in [2.24, 2.45) is 0 Å². The highest BCUT2D eigenvalue weighted by Gasteiger charge is 2.05. The summed E-state index contributed by atoms with van der Waals surface area (Å²) in [6.45, 7) is 9.91. The first-order chi connectivity index (χ1) is 5.61. The van der Waals surface area contributed by atoms with Crippen LogP contribution in [0.2, 0.25) is 0 Å². The Bertz CT molecular complexity index is 168. The van der Waals surface area contributed by atoms with E-state index in [1.807, 2.05) is 19.9 Å². The minimum atomic E-state index is -0.196. The maximum Gasteiger partial charge on any atom is 0.0580 e. The third-order valence-electron chi connectivity index (χ3n) is 1.97. The summed E-state index contributed by atoms with van der Waals surface area (Å²) in [5.74, 6) is 0. The maximum absolute atomic E-state index is 9.52. The molecular weight excluding hydrogens is 148 g/mol. The molecule has 0 heterocycles. The van der Waals surface area contributed by atoms with Crippen LogP contribution >= 0.6 is 0 Å². The Labute approximate surface area is 75.8 Å². The van der Waals surface area contributed by atoms with Crippen LogP contribution in [0.1, 0.15) is 40.0 Å². The first kappa shape index (κ1) is 11.4. The van der Waals surface area contributed by atoms with Gasteiger partial charge in [0.2, 0.25) is 0 Å². The molecule has 0 saturated heterocycles. The van der Waals surface area contributed by atoms with E-state index in [0.29, 0.717) is 0 Å². The van der Waals surface area contributed by atoms with Crippen LogP contribution in [0.25, 0.3) is 0 Å². The van der Waals surface area contributed by atoms with Crippen LogP contribution in [-0.4, -0.2) is 11.2 Å². The predicted octanol–water partition coefficient (Wildman–Crippen LogP) is 3.06. The Kier molecular flexibility index (Phi) is 5.73. The number of aliphatic hydroxyl groups is 1. The second-order valence-electron chi connectivity index (χ2n) is 3.24. The van der Waals surface area contributed by atoms with Crippen LogP contribution in [0.4, 0.5) is 0 Å². The number of hydrogen-bond donors (Lipinski definition) is 1. The van der Waals surface area contributed by atoms with E-state index in [9.17, 15) is 5.11 Å². The molecule has 0 fully saturated rings. The largest absolute Gasteiger partial charge is 0.393 e. The summed E-state index contributed by atoms with van der Waals surface area (Å²) in [5.41, 5.74) is 2.24. The van der Waals surface area contributed by atoms with E-state index in [1.165, 1.54) is 5.57 Å². The molecule has 0 amide bonds. The zero-order valence-corrected chi connectivity index (χ0v) is 8.43. The van der Waals surface area contributed by atoms with Crippen molar-refractivity contribution in [1.29, 1.82) is 0 Å². The fourth-order valence-electron chi connectivity index (χ4n) is 1.23. The van der Waals surface area contributed by atoms with Crippen LogP contribution < -0.4 is 0 Å². The number of allylic oxidation sites excluding steroid dienone is 2. The molecule has 0 spiro atoms. The second kappa shape index (κ2) is 6.01.